The Hall–Kier alpha value is -1.06. The van der Waals surface area contributed by atoms with Crippen LogP contribution in [-0.4, -0.2) is 30.5 Å². The lowest BCUT2D eigenvalue weighted by molar-refractivity contribution is 0.0699. The zero-order valence-electron chi connectivity index (χ0n) is 10.2. The second kappa shape index (κ2) is 5.32. The van der Waals surface area contributed by atoms with Crippen molar-refractivity contribution in [2.75, 3.05) is 20.3 Å². The SMILES string of the molecule is COc1ccc(C)cc1CC(C)(CO)CO. The molecule has 1 aromatic rings. The first-order chi connectivity index (χ1) is 7.54. The van der Waals surface area contributed by atoms with Gasteiger partial charge in [0.2, 0.25) is 0 Å². The fraction of sp³-hybridized carbons (Fsp3) is 0.538. The number of hydrogen-bond donors (Lipinski definition) is 2. The van der Waals surface area contributed by atoms with Gasteiger partial charge in [0, 0.05) is 5.41 Å². The summed E-state index contributed by atoms with van der Waals surface area (Å²) in [7, 11) is 1.63. The standard InChI is InChI=1S/C13H20O3/c1-10-4-5-12(16-3)11(6-10)7-13(2,8-14)9-15/h4-6,14-15H,7-9H2,1-3H3. The number of aliphatic hydroxyl groups excluding tert-OH is 2. The summed E-state index contributed by atoms with van der Waals surface area (Å²) in [6, 6.07) is 5.93. The Bertz CT molecular complexity index is 343. The van der Waals surface area contributed by atoms with Gasteiger partial charge in [0.1, 0.15) is 5.75 Å². The van der Waals surface area contributed by atoms with Gasteiger partial charge in [-0.1, -0.05) is 24.6 Å². The van der Waals surface area contributed by atoms with Crippen LogP contribution in [0.1, 0.15) is 18.1 Å². The Balaban J connectivity index is 2.98. The Kier molecular flexibility index (Phi) is 4.33. The lowest BCUT2D eigenvalue weighted by Gasteiger charge is -2.25. The molecule has 2 N–H and O–H groups in total. The molecule has 0 aliphatic heterocycles. The van der Waals surface area contributed by atoms with E-state index in [1.165, 1.54) is 0 Å². The van der Waals surface area contributed by atoms with Crippen molar-refractivity contribution in [3.63, 3.8) is 0 Å². The molecule has 0 amide bonds. The Morgan fingerprint density at radius 2 is 1.88 bits per heavy atom. The molecule has 0 fully saturated rings. The molecule has 16 heavy (non-hydrogen) atoms. The van der Waals surface area contributed by atoms with Gasteiger partial charge in [-0.15, -0.1) is 0 Å². The normalized spacial score (nSPS) is 11.6. The van der Waals surface area contributed by atoms with E-state index in [9.17, 15) is 10.2 Å². The van der Waals surface area contributed by atoms with E-state index in [1.54, 1.807) is 7.11 Å². The van der Waals surface area contributed by atoms with Gasteiger partial charge in [0.05, 0.1) is 20.3 Å². The summed E-state index contributed by atoms with van der Waals surface area (Å²) < 4.78 is 5.27. The Labute approximate surface area is 96.7 Å². The Morgan fingerprint density at radius 1 is 1.25 bits per heavy atom. The zero-order chi connectivity index (χ0) is 12.2. The van der Waals surface area contributed by atoms with Crippen LogP contribution in [-0.2, 0) is 6.42 Å². The third-order valence-corrected chi connectivity index (χ3v) is 2.82. The lowest BCUT2D eigenvalue weighted by Crippen LogP contribution is -2.28. The maximum absolute atomic E-state index is 9.28. The van der Waals surface area contributed by atoms with E-state index < -0.39 is 5.41 Å². The summed E-state index contributed by atoms with van der Waals surface area (Å²) in [5.41, 5.74) is 1.67. The van der Waals surface area contributed by atoms with Crippen molar-refractivity contribution >= 4 is 0 Å². The summed E-state index contributed by atoms with van der Waals surface area (Å²) in [6.07, 6.45) is 0.602. The van der Waals surface area contributed by atoms with Crippen molar-refractivity contribution in [3.05, 3.63) is 29.3 Å². The molecule has 3 nitrogen and oxygen atoms in total. The van der Waals surface area contributed by atoms with E-state index in [0.717, 1.165) is 16.9 Å². The van der Waals surface area contributed by atoms with Crippen LogP contribution in [0.5, 0.6) is 5.75 Å². The molecule has 0 heterocycles. The van der Waals surface area contributed by atoms with Gasteiger partial charge in [-0.2, -0.15) is 0 Å². The van der Waals surface area contributed by atoms with E-state index >= 15 is 0 Å². The molecule has 0 radical (unpaired) electrons. The van der Waals surface area contributed by atoms with Crippen molar-refractivity contribution in [2.24, 2.45) is 5.41 Å². The monoisotopic (exact) mass is 224 g/mol. The minimum absolute atomic E-state index is 0.0411. The average Bonchev–Trinajstić information content (AvgIpc) is 2.29. The van der Waals surface area contributed by atoms with Crippen LogP contribution in [0.25, 0.3) is 0 Å². The van der Waals surface area contributed by atoms with Crippen LogP contribution >= 0.6 is 0 Å². The topological polar surface area (TPSA) is 49.7 Å². The maximum Gasteiger partial charge on any atom is 0.122 e. The highest BCUT2D eigenvalue weighted by atomic mass is 16.5. The highest BCUT2D eigenvalue weighted by molar-refractivity contribution is 5.37. The lowest BCUT2D eigenvalue weighted by atomic mass is 9.84. The molecular weight excluding hydrogens is 204 g/mol. The molecule has 0 spiro atoms. The first kappa shape index (κ1) is 13.0. The molecule has 0 saturated carbocycles. The second-order valence-corrected chi connectivity index (χ2v) is 4.62. The van der Waals surface area contributed by atoms with Crippen molar-refractivity contribution in [1.29, 1.82) is 0 Å². The van der Waals surface area contributed by atoms with Gasteiger partial charge in [0.25, 0.3) is 0 Å². The third kappa shape index (κ3) is 2.97. The fourth-order valence-corrected chi connectivity index (χ4v) is 1.67. The first-order valence-corrected chi connectivity index (χ1v) is 5.40. The minimum atomic E-state index is -0.499. The highest BCUT2D eigenvalue weighted by Gasteiger charge is 2.24. The number of rotatable bonds is 5. The summed E-state index contributed by atoms with van der Waals surface area (Å²) in [6.45, 7) is 3.79. The van der Waals surface area contributed by atoms with Crippen LogP contribution in [0.3, 0.4) is 0 Å². The van der Waals surface area contributed by atoms with Crippen LogP contribution in [0.4, 0.5) is 0 Å². The molecule has 0 aliphatic rings. The fourth-order valence-electron chi connectivity index (χ4n) is 1.67. The van der Waals surface area contributed by atoms with Gasteiger partial charge >= 0.3 is 0 Å². The molecular formula is C13H20O3. The van der Waals surface area contributed by atoms with Gasteiger partial charge in [0.15, 0.2) is 0 Å². The van der Waals surface area contributed by atoms with Crippen LogP contribution in [0.15, 0.2) is 18.2 Å². The van der Waals surface area contributed by atoms with E-state index in [2.05, 4.69) is 0 Å². The first-order valence-electron chi connectivity index (χ1n) is 5.40. The minimum Gasteiger partial charge on any atom is -0.496 e. The second-order valence-electron chi connectivity index (χ2n) is 4.62. The predicted octanol–water partition coefficient (Wildman–Crippen LogP) is 1.54. The average molecular weight is 224 g/mol. The van der Waals surface area contributed by atoms with Crippen LogP contribution < -0.4 is 4.74 Å². The molecule has 1 aromatic carbocycles. The quantitative estimate of drug-likeness (QED) is 0.797. The number of ether oxygens (including phenoxy) is 1. The molecule has 0 unspecified atom stereocenters. The van der Waals surface area contributed by atoms with E-state index in [0.29, 0.717) is 6.42 Å². The number of aliphatic hydroxyl groups is 2. The van der Waals surface area contributed by atoms with Crippen molar-refractivity contribution in [2.45, 2.75) is 20.3 Å². The van der Waals surface area contributed by atoms with Crippen LogP contribution in [0.2, 0.25) is 0 Å². The number of hydrogen-bond acceptors (Lipinski definition) is 3. The zero-order valence-corrected chi connectivity index (χ0v) is 10.2. The summed E-state index contributed by atoms with van der Waals surface area (Å²) in [5.74, 6) is 0.804. The molecule has 90 valence electrons. The summed E-state index contributed by atoms with van der Waals surface area (Å²) in [4.78, 5) is 0. The number of methoxy groups -OCH3 is 1. The van der Waals surface area contributed by atoms with Crippen LogP contribution in [0, 0.1) is 12.3 Å². The largest absolute Gasteiger partial charge is 0.496 e. The van der Waals surface area contributed by atoms with E-state index in [4.69, 9.17) is 4.74 Å². The molecule has 0 saturated heterocycles. The van der Waals surface area contributed by atoms with Gasteiger partial charge in [-0.05, 0) is 25.0 Å². The van der Waals surface area contributed by atoms with Gasteiger partial charge in [-0.25, -0.2) is 0 Å². The summed E-state index contributed by atoms with van der Waals surface area (Å²) in [5, 5.41) is 18.6. The molecule has 0 bridgehead atoms. The molecule has 0 aromatic heterocycles. The molecule has 0 atom stereocenters. The summed E-state index contributed by atoms with van der Waals surface area (Å²) >= 11 is 0. The van der Waals surface area contributed by atoms with Crippen molar-refractivity contribution < 1.29 is 14.9 Å². The highest BCUT2D eigenvalue weighted by Crippen LogP contribution is 2.28. The van der Waals surface area contributed by atoms with Gasteiger partial charge in [-0.3, -0.25) is 0 Å². The van der Waals surface area contributed by atoms with E-state index in [-0.39, 0.29) is 13.2 Å². The Morgan fingerprint density at radius 3 is 2.38 bits per heavy atom. The smallest absolute Gasteiger partial charge is 0.122 e. The van der Waals surface area contributed by atoms with E-state index in [1.807, 2.05) is 32.0 Å². The third-order valence-electron chi connectivity index (χ3n) is 2.82. The van der Waals surface area contributed by atoms with Crippen molar-refractivity contribution in [1.82, 2.24) is 0 Å². The molecule has 3 heteroatoms. The number of benzene rings is 1. The molecule has 1 rings (SSSR count). The predicted molar refractivity (Wildman–Crippen MR) is 63.7 cm³/mol. The maximum atomic E-state index is 9.28. The molecule has 0 aliphatic carbocycles. The van der Waals surface area contributed by atoms with Gasteiger partial charge < -0.3 is 14.9 Å². The number of aryl methyl sites for hydroxylation is 1. The van der Waals surface area contributed by atoms with Crippen molar-refractivity contribution in [3.8, 4) is 5.75 Å².